The lowest BCUT2D eigenvalue weighted by Crippen LogP contribution is -2.40. The van der Waals surface area contributed by atoms with E-state index in [0.717, 1.165) is 19.5 Å². The third-order valence-corrected chi connectivity index (χ3v) is 4.71. The first-order valence-electron chi connectivity index (χ1n) is 7.77. The molecular formula is C15H29N3O. The summed E-state index contributed by atoms with van der Waals surface area (Å²) in [6.07, 6.45) is 5.72. The zero-order valence-corrected chi connectivity index (χ0v) is 12.6. The predicted molar refractivity (Wildman–Crippen MR) is 78.1 cm³/mol. The summed E-state index contributed by atoms with van der Waals surface area (Å²) in [6.45, 7) is 6.05. The van der Waals surface area contributed by atoms with Crippen LogP contribution in [0.1, 0.15) is 46.0 Å². The van der Waals surface area contributed by atoms with E-state index in [-0.39, 0.29) is 5.91 Å². The molecule has 1 amide bonds. The van der Waals surface area contributed by atoms with Crippen molar-refractivity contribution in [2.24, 2.45) is 5.92 Å². The topological polar surface area (TPSA) is 44.4 Å². The molecule has 0 saturated carbocycles. The number of nitrogens with zero attached hydrogens (tertiary/aromatic N) is 1. The maximum atomic E-state index is 11.9. The van der Waals surface area contributed by atoms with Crippen molar-refractivity contribution in [3.63, 3.8) is 0 Å². The van der Waals surface area contributed by atoms with Gasteiger partial charge in [-0.25, -0.2) is 0 Å². The molecule has 2 aliphatic heterocycles. The number of hydrogen-bond acceptors (Lipinski definition) is 3. The Kier molecular flexibility index (Phi) is 5.22. The molecule has 19 heavy (non-hydrogen) atoms. The van der Waals surface area contributed by atoms with Gasteiger partial charge in [0.15, 0.2) is 0 Å². The van der Waals surface area contributed by atoms with Gasteiger partial charge in [-0.2, -0.15) is 0 Å². The molecule has 110 valence electrons. The summed E-state index contributed by atoms with van der Waals surface area (Å²) in [6, 6.07) is 1.91. The van der Waals surface area contributed by atoms with Crippen molar-refractivity contribution in [3.8, 4) is 0 Å². The Morgan fingerprint density at radius 3 is 2.53 bits per heavy atom. The van der Waals surface area contributed by atoms with Crippen molar-refractivity contribution in [2.45, 2.75) is 64.1 Å². The Balaban J connectivity index is 1.62. The quantitative estimate of drug-likeness (QED) is 0.764. The first-order chi connectivity index (χ1) is 9.04. The number of nitrogens with one attached hydrogen (secondary N) is 2. The zero-order valence-electron chi connectivity index (χ0n) is 12.6. The van der Waals surface area contributed by atoms with Gasteiger partial charge < -0.3 is 15.5 Å². The highest BCUT2D eigenvalue weighted by atomic mass is 16.1. The van der Waals surface area contributed by atoms with E-state index >= 15 is 0 Å². The number of carbonyl (C=O) groups excluding carboxylic acids is 1. The summed E-state index contributed by atoms with van der Waals surface area (Å²) in [4.78, 5) is 14.2. The highest BCUT2D eigenvalue weighted by Crippen LogP contribution is 2.32. The second-order valence-electron chi connectivity index (χ2n) is 6.60. The Hall–Kier alpha value is -0.610. The zero-order chi connectivity index (χ0) is 13.8. The Morgan fingerprint density at radius 1 is 1.32 bits per heavy atom. The highest BCUT2D eigenvalue weighted by molar-refractivity contribution is 5.76. The molecule has 2 bridgehead atoms. The molecule has 2 aliphatic rings. The third kappa shape index (κ3) is 4.46. The first-order valence-corrected chi connectivity index (χ1v) is 7.77. The molecule has 2 saturated heterocycles. The van der Waals surface area contributed by atoms with E-state index in [1.54, 1.807) is 0 Å². The fraction of sp³-hybridized carbons (Fsp3) is 0.933. The second kappa shape index (κ2) is 6.71. The molecule has 2 heterocycles. The fourth-order valence-electron chi connectivity index (χ4n) is 3.31. The maximum Gasteiger partial charge on any atom is 0.220 e. The minimum atomic E-state index is 0.239. The molecule has 2 unspecified atom stereocenters. The van der Waals surface area contributed by atoms with E-state index in [1.807, 2.05) is 0 Å². The number of hydrogen-bond donors (Lipinski definition) is 2. The first kappa shape index (κ1) is 14.8. The largest absolute Gasteiger partial charge is 0.355 e. The van der Waals surface area contributed by atoms with Crippen molar-refractivity contribution < 1.29 is 4.79 Å². The smallest absolute Gasteiger partial charge is 0.220 e. The number of rotatable bonds is 6. The predicted octanol–water partition coefficient (Wildman–Crippen LogP) is 1.36. The number of fused-ring (bicyclic) bond motifs is 2. The standard InChI is InChI=1S/C15H29N3O/c1-11(2)18(3)7-6-16-15(19)10-12-8-13-4-5-14(9-12)17-13/h11-14,17H,4-10H2,1-3H3,(H,16,19). The molecule has 4 heteroatoms. The maximum absolute atomic E-state index is 11.9. The number of piperidine rings is 1. The molecular weight excluding hydrogens is 238 g/mol. The molecule has 0 radical (unpaired) electrons. The van der Waals surface area contributed by atoms with Crippen molar-refractivity contribution in [1.82, 2.24) is 15.5 Å². The number of amides is 1. The molecule has 4 nitrogen and oxygen atoms in total. The van der Waals surface area contributed by atoms with Crippen LogP contribution in [0.3, 0.4) is 0 Å². The van der Waals surface area contributed by atoms with Crippen molar-refractivity contribution in [1.29, 1.82) is 0 Å². The Labute approximate surface area is 117 Å². The van der Waals surface area contributed by atoms with Crippen LogP contribution in [-0.2, 0) is 4.79 Å². The average molecular weight is 267 g/mol. The molecule has 2 atom stereocenters. The molecule has 2 fully saturated rings. The van der Waals surface area contributed by atoms with Crippen molar-refractivity contribution >= 4 is 5.91 Å². The molecule has 0 aliphatic carbocycles. The van der Waals surface area contributed by atoms with E-state index in [2.05, 4.69) is 36.4 Å². The number of likely N-dealkylation sites (N-methyl/N-ethyl adjacent to an activating group) is 1. The normalized spacial score (nSPS) is 30.1. The van der Waals surface area contributed by atoms with Crippen LogP contribution in [-0.4, -0.2) is 49.1 Å². The molecule has 0 aromatic carbocycles. The Bertz CT molecular complexity index is 294. The number of carbonyl (C=O) groups is 1. The van der Waals surface area contributed by atoms with E-state index in [4.69, 9.17) is 0 Å². The van der Waals surface area contributed by atoms with Gasteiger partial charge in [-0.05, 0) is 52.5 Å². The van der Waals surface area contributed by atoms with Gasteiger partial charge in [0.25, 0.3) is 0 Å². The van der Waals surface area contributed by atoms with Gasteiger partial charge in [0, 0.05) is 37.6 Å². The fourth-order valence-corrected chi connectivity index (χ4v) is 3.31. The molecule has 0 spiro atoms. The van der Waals surface area contributed by atoms with Gasteiger partial charge in [0.2, 0.25) is 5.91 Å². The summed E-state index contributed by atoms with van der Waals surface area (Å²) in [7, 11) is 2.10. The van der Waals surface area contributed by atoms with Gasteiger partial charge in [-0.15, -0.1) is 0 Å². The third-order valence-electron chi connectivity index (χ3n) is 4.71. The van der Waals surface area contributed by atoms with Gasteiger partial charge >= 0.3 is 0 Å². The average Bonchev–Trinajstić information content (AvgIpc) is 2.68. The Morgan fingerprint density at radius 2 is 1.95 bits per heavy atom. The SMILES string of the molecule is CC(C)N(C)CCNC(=O)CC1CC2CCC(C1)N2. The monoisotopic (exact) mass is 267 g/mol. The molecule has 0 aromatic rings. The lowest BCUT2D eigenvalue weighted by molar-refractivity contribution is -0.122. The lowest BCUT2D eigenvalue weighted by Gasteiger charge is -2.28. The van der Waals surface area contributed by atoms with Gasteiger partial charge in [0.1, 0.15) is 0 Å². The molecule has 0 aromatic heterocycles. The summed E-state index contributed by atoms with van der Waals surface area (Å²) >= 11 is 0. The minimum Gasteiger partial charge on any atom is -0.355 e. The van der Waals surface area contributed by atoms with E-state index in [0.29, 0.717) is 24.0 Å². The van der Waals surface area contributed by atoms with Crippen LogP contribution in [0, 0.1) is 5.92 Å². The van der Waals surface area contributed by atoms with Gasteiger partial charge in [-0.3, -0.25) is 4.79 Å². The van der Waals surface area contributed by atoms with E-state index in [1.165, 1.54) is 25.7 Å². The lowest BCUT2D eigenvalue weighted by atomic mass is 9.89. The minimum absolute atomic E-state index is 0.239. The van der Waals surface area contributed by atoms with Crippen LogP contribution in [0.15, 0.2) is 0 Å². The summed E-state index contributed by atoms with van der Waals surface area (Å²) in [5.74, 6) is 0.838. The highest BCUT2D eigenvalue weighted by Gasteiger charge is 2.34. The van der Waals surface area contributed by atoms with Crippen LogP contribution >= 0.6 is 0 Å². The van der Waals surface area contributed by atoms with E-state index in [9.17, 15) is 4.79 Å². The second-order valence-corrected chi connectivity index (χ2v) is 6.60. The summed E-state index contributed by atoms with van der Waals surface area (Å²) in [5, 5.41) is 6.69. The van der Waals surface area contributed by atoms with Crippen LogP contribution in [0.4, 0.5) is 0 Å². The van der Waals surface area contributed by atoms with Crippen LogP contribution in [0.5, 0.6) is 0 Å². The summed E-state index contributed by atoms with van der Waals surface area (Å²) < 4.78 is 0. The van der Waals surface area contributed by atoms with Gasteiger partial charge in [0.05, 0.1) is 0 Å². The van der Waals surface area contributed by atoms with Crippen molar-refractivity contribution in [2.75, 3.05) is 20.1 Å². The van der Waals surface area contributed by atoms with Gasteiger partial charge in [-0.1, -0.05) is 0 Å². The van der Waals surface area contributed by atoms with Crippen LogP contribution in [0.2, 0.25) is 0 Å². The van der Waals surface area contributed by atoms with Crippen LogP contribution in [0.25, 0.3) is 0 Å². The summed E-state index contributed by atoms with van der Waals surface area (Å²) in [5.41, 5.74) is 0. The molecule has 2 N–H and O–H groups in total. The molecule has 2 rings (SSSR count). The van der Waals surface area contributed by atoms with Crippen LogP contribution < -0.4 is 10.6 Å². The van der Waals surface area contributed by atoms with Crippen molar-refractivity contribution in [3.05, 3.63) is 0 Å². The van der Waals surface area contributed by atoms with E-state index < -0.39 is 0 Å².